The average Bonchev–Trinajstić information content (AvgIpc) is 3.64. The molecule has 0 saturated heterocycles. The van der Waals surface area contributed by atoms with Crippen molar-refractivity contribution < 1.29 is 0 Å². The molecular formula is C34H28N4S2. The highest BCUT2D eigenvalue weighted by molar-refractivity contribution is 8.04. The molecule has 0 atom stereocenters. The van der Waals surface area contributed by atoms with Crippen LogP contribution in [0.4, 0.5) is 11.4 Å². The molecule has 2 heterocycles. The number of nitrogens with zero attached hydrogens (tertiary/aromatic N) is 4. The highest BCUT2D eigenvalue weighted by Crippen LogP contribution is 2.50. The minimum Gasteiger partial charge on any atom is -0.335 e. The van der Waals surface area contributed by atoms with E-state index in [1.54, 1.807) is 23.5 Å². The smallest absolute Gasteiger partial charge is 0.148 e. The Morgan fingerprint density at radius 2 is 1.20 bits per heavy atom. The molecule has 0 spiro atoms. The zero-order valence-corrected chi connectivity index (χ0v) is 24.1. The van der Waals surface area contributed by atoms with Gasteiger partial charge in [-0.15, -0.1) is 0 Å². The van der Waals surface area contributed by atoms with Gasteiger partial charge in [-0.1, -0.05) is 84.2 Å². The number of hydrogen-bond donors (Lipinski definition) is 0. The lowest BCUT2D eigenvalue weighted by atomic mass is 10.0. The molecule has 0 aromatic heterocycles. The Hall–Kier alpha value is -4.18. The van der Waals surface area contributed by atoms with Gasteiger partial charge >= 0.3 is 0 Å². The Balaban J connectivity index is 1.47. The van der Waals surface area contributed by atoms with E-state index in [2.05, 4.69) is 126 Å². The van der Waals surface area contributed by atoms with Crippen molar-refractivity contribution in [3.8, 4) is 6.07 Å². The van der Waals surface area contributed by atoms with Crippen LogP contribution in [0.1, 0.15) is 25.0 Å². The normalized spacial score (nSPS) is 19.4. The third-order valence-corrected chi connectivity index (χ3v) is 9.50. The van der Waals surface area contributed by atoms with Crippen LogP contribution in [0.15, 0.2) is 133 Å². The third-order valence-electron chi connectivity index (χ3n) is 7.24. The number of para-hydroxylation sites is 2. The Morgan fingerprint density at radius 1 is 0.750 bits per heavy atom. The average molecular weight is 557 g/mol. The van der Waals surface area contributed by atoms with E-state index in [-0.39, 0.29) is 0 Å². The Labute approximate surface area is 244 Å². The molecule has 0 bridgehead atoms. The van der Waals surface area contributed by atoms with Gasteiger partial charge in [0.15, 0.2) is 0 Å². The van der Waals surface area contributed by atoms with Crippen LogP contribution in [0.2, 0.25) is 0 Å². The standard InChI is InChI=1S/C34H28N4S2/c1-4-37-28-14-8-10-16-30(28)39-32(37)20-18-25-23-12-6-7-13-24(23)26(34(25)27(22-35)36-3)19-21-33-38(5-2)29-15-9-11-17-31(29)40-33/h6-21H,3-5H2,1-2H3. The highest BCUT2D eigenvalue weighted by atomic mass is 32.2. The Morgan fingerprint density at radius 3 is 1.62 bits per heavy atom. The molecule has 3 aromatic rings. The first-order valence-electron chi connectivity index (χ1n) is 13.3. The summed E-state index contributed by atoms with van der Waals surface area (Å²) in [7, 11) is 0. The maximum atomic E-state index is 10.1. The van der Waals surface area contributed by atoms with Gasteiger partial charge in [-0.05, 0) is 79.3 Å². The molecule has 1 aliphatic carbocycles. The summed E-state index contributed by atoms with van der Waals surface area (Å²) in [5, 5.41) is 12.4. The van der Waals surface area contributed by atoms with Gasteiger partial charge < -0.3 is 9.80 Å². The fraction of sp³-hybridized carbons (Fsp3) is 0.118. The van der Waals surface area contributed by atoms with Crippen LogP contribution in [0.5, 0.6) is 0 Å². The maximum absolute atomic E-state index is 10.1. The lowest BCUT2D eigenvalue weighted by molar-refractivity contribution is 1.00. The van der Waals surface area contributed by atoms with Crippen molar-refractivity contribution in [2.75, 3.05) is 22.9 Å². The highest BCUT2D eigenvalue weighted by Gasteiger charge is 2.30. The SMILES string of the molecule is C=NC(C#N)=C1C(=CC=C2Sc3ccccc3N2CC)c2ccccc2C1=CC=C1Sc2ccccc2N1CC. The van der Waals surface area contributed by atoms with Gasteiger partial charge in [0.2, 0.25) is 0 Å². The number of nitriles is 1. The number of hydrogen-bond acceptors (Lipinski definition) is 6. The van der Waals surface area contributed by atoms with Gasteiger partial charge in [-0.3, -0.25) is 4.99 Å². The van der Waals surface area contributed by atoms with Gasteiger partial charge in [-0.2, -0.15) is 5.26 Å². The van der Waals surface area contributed by atoms with E-state index < -0.39 is 0 Å². The monoisotopic (exact) mass is 556 g/mol. The summed E-state index contributed by atoms with van der Waals surface area (Å²) in [6, 6.07) is 27.6. The molecule has 0 amide bonds. The van der Waals surface area contributed by atoms with E-state index in [0.717, 1.165) is 51.0 Å². The van der Waals surface area contributed by atoms with Crippen LogP contribution >= 0.6 is 23.5 Å². The van der Waals surface area contributed by atoms with Crippen LogP contribution in [-0.4, -0.2) is 19.8 Å². The number of thioether (sulfide) groups is 2. The fourth-order valence-corrected chi connectivity index (χ4v) is 7.71. The molecule has 6 heteroatoms. The predicted molar refractivity (Wildman–Crippen MR) is 171 cm³/mol. The molecule has 0 radical (unpaired) electrons. The first-order valence-corrected chi connectivity index (χ1v) is 15.0. The maximum Gasteiger partial charge on any atom is 0.148 e. The minimum atomic E-state index is 0.329. The summed E-state index contributed by atoms with van der Waals surface area (Å²) in [6.07, 6.45) is 8.62. The molecule has 0 unspecified atom stereocenters. The number of allylic oxidation sites excluding steroid dienone is 8. The summed E-state index contributed by atoms with van der Waals surface area (Å²) in [4.78, 5) is 11.3. The molecule has 0 fully saturated rings. The van der Waals surface area contributed by atoms with Crippen molar-refractivity contribution in [2.24, 2.45) is 4.99 Å². The van der Waals surface area contributed by atoms with Gasteiger partial charge in [0.1, 0.15) is 11.8 Å². The van der Waals surface area contributed by atoms with Crippen LogP contribution in [0, 0.1) is 11.3 Å². The van der Waals surface area contributed by atoms with E-state index in [1.165, 1.54) is 21.2 Å². The summed E-state index contributed by atoms with van der Waals surface area (Å²) in [6.45, 7) is 9.84. The molecule has 40 heavy (non-hydrogen) atoms. The van der Waals surface area contributed by atoms with Crippen molar-refractivity contribution >= 4 is 52.8 Å². The summed E-state index contributed by atoms with van der Waals surface area (Å²) >= 11 is 3.54. The van der Waals surface area contributed by atoms with Gasteiger partial charge in [-0.25, -0.2) is 0 Å². The molecule has 196 valence electrons. The van der Waals surface area contributed by atoms with Gasteiger partial charge in [0.05, 0.1) is 21.4 Å². The van der Waals surface area contributed by atoms with E-state index in [4.69, 9.17) is 0 Å². The second-order valence-electron chi connectivity index (χ2n) is 9.34. The Kier molecular flexibility index (Phi) is 7.25. The lowest BCUT2D eigenvalue weighted by Crippen LogP contribution is -2.16. The zero-order chi connectivity index (χ0) is 27.6. The molecule has 6 rings (SSSR count). The van der Waals surface area contributed by atoms with Crippen molar-refractivity contribution in [2.45, 2.75) is 23.6 Å². The lowest BCUT2D eigenvalue weighted by Gasteiger charge is -2.17. The minimum absolute atomic E-state index is 0.329. The summed E-state index contributed by atoms with van der Waals surface area (Å²) in [5.74, 6) is 0. The van der Waals surface area contributed by atoms with E-state index in [9.17, 15) is 5.26 Å². The van der Waals surface area contributed by atoms with Gasteiger partial charge in [0, 0.05) is 28.5 Å². The van der Waals surface area contributed by atoms with E-state index in [1.807, 2.05) is 12.1 Å². The van der Waals surface area contributed by atoms with Gasteiger partial charge in [0.25, 0.3) is 0 Å². The van der Waals surface area contributed by atoms with Crippen molar-refractivity contribution in [1.29, 1.82) is 5.26 Å². The number of anilines is 2. The fourth-order valence-electron chi connectivity index (χ4n) is 5.45. The number of fused-ring (bicyclic) bond motifs is 3. The van der Waals surface area contributed by atoms with Crippen LogP contribution in [-0.2, 0) is 0 Å². The van der Waals surface area contributed by atoms with Crippen molar-refractivity contribution in [3.05, 3.63) is 130 Å². The first kappa shape index (κ1) is 26.1. The molecule has 3 aliphatic rings. The molecule has 4 nitrogen and oxygen atoms in total. The second-order valence-corrected chi connectivity index (χ2v) is 11.5. The molecule has 0 N–H and O–H groups in total. The van der Waals surface area contributed by atoms with Crippen LogP contribution in [0.3, 0.4) is 0 Å². The number of aliphatic imine (C=N–C) groups is 1. The zero-order valence-electron chi connectivity index (χ0n) is 22.5. The second kappa shape index (κ2) is 11.1. The topological polar surface area (TPSA) is 42.6 Å². The summed E-state index contributed by atoms with van der Waals surface area (Å²) < 4.78 is 0. The molecule has 3 aromatic carbocycles. The molecule has 2 aliphatic heterocycles. The number of benzene rings is 3. The number of rotatable bonds is 5. The summed E-state index contributed by atoms with van der Waals surface area (Å²) in [5.41, 5.74) is 7.76. The molecular weight excluding hydrogens is 529 g/mol. The van der Waals surface area contributed by atoms with Crippen molar-refractivity contribution in [1.82, 2.24) is 0 Å². The van der Waals surface area contributed by atoms with E-state index >= 15 is 0 Å². The molecule has 0 saturated carbocycles. The van der Waals surface area contributed by atoms with Crippen LogP contribution < -0.4 is 9.80 Å². The third kappa shape index (κ3) is 4.42. The predicted octanol–water partition coefficient (Wildman–Crippen LogP) is 8.89. The Bertz CT molecular complexity index is 1610. The first-order chi connectivity index (χ1) is 19.7. The quantitative estimate of drug-likeness (QED) is 0.232. The van der Waals surface area contributed by atoms with E-state index in [0.29, 0.717) is 5.70 Å². The largest absolute Gasteiger partial charge is 0.335 e. The van der Waals surface area contributed by atoms with Crippen LogP contribution in [0.25, 0.3) is 11.1 Å². The van der Waals surface area contributed by atoms with Crippen molar-refractivity contribution in [3.63, 3.8) is 0 Å².